The molecule has 3 aromatic carbocycles. The maximum absolute atomic E-state index is 13.7. The molecule has 1 aliphatic carbocycles. The lowest BCUT2D eigenvalue weighted by atomic mass is 9.71. The summed E-state index contributed by atoms with van der Waals surface area (Å²) in [4.78, 5) is 27.2. The number of halogens is 2. The maximum atomic E-state index is 13.7. The first kappa shape index (κ1) is 24.4. The summed E-state index contributed by atoms with van der Waals surface area (Å²) < 4.78 is 5.72. The zero-order chi connectivity index (χ0) is 25.2. The fraction of sp³-hybridized carbons (Fsp3) is 0.200. The zero-order valence-corrected chi connectivity index (χ0v) is 21.3. The topological polar surface area (TPSA) is 55.4 Å². The van der Waals surface area contributed by atoms with Gasteiger partial charge in [0.15, 0.2) is 5.78 Å². The van der Waals surface area contributed by atoms with Crippen LogP contribution < -0.4 is 5.32 Å². The van der Waals surface area contributed by atoms with E-state index >= 15 is 0 Å². The first-order valence-electron chi connectivity index (χ1n) is 11.9. The smallest absolute Gasteiger partial charge is 0.337 e. The third-order valence-corrected chi connectivity index (χ3v) is 7.37. The number of ether oxygens (including phenoxy) is 1. The molecular formula is C30H25Cl2NO3. The first-order chi connectivity index (χ1) is 17.4. The van der Waals surface area contributed by atoms with Crippen molar-refractivity contribution in [3.63, 3.8) is 0 Å². The molecule has 0 fully saturated rings. The Kier molecular flexibility index (Phi) is 6.99. The van der Waals surface area contributed by atoms with E-state index < -0.39 is 11.9 Å². The van der Waals surface area contributed by atoms with Crippen LogP contribution in [0.1, 0.15) is 48.3 Å². The third-order valence-electron chi connectivity index (χ3n) is 6.80. The lowest BCUT2D eigenvalue weighted by Gasteiger charge is -2.37. The van der Waals surface area contributed by atoms with Gasteiger partial charge in [0.25, 0.3) is 0 Å². The van der Waals surface area contributed by atoms with Crippen LogP contribution in [0.3, 0.4) is 0 Å². The van der Waals surface area contributed by atoms with Gasteiger partial charge in [-0.2, -0.15) is 0 Å². The molecule has 0 bridgehead atoms. The van der Waals surface area contributed by atoms with E-state index in [0.717, 1.165) is 16.8 Å². The van der Waals surface area contributed by atoms with E-state index in [-0.39, 0.29) is 18.3 Å². The molecule has 0 spiro atoms. The SMILES string of the molecule is CC1=C(C(=O)OCc2ccccc2)[C@H](c2ccc(Cl)cc2Cl)C2=C(C[C@H](c3ccccc3)CC2=O)N1. The van der Waals surface area contributed by atoms with E-state index in [1.165, 1.54) is 0 Å². The second kappa shape index (κ2) is 10.3. The van der Waals surface area contributed by atoms with Gasteiger partial charge in [0.2, 0.25) is 0 Å². The predicted octanol–water partition coefficient (Wildman–Crippen LogP) is 7.10. The van der Waals surface area contributed by atoms with Crippen LogP contribution in [0, 0.1) is 0 Å². The fourth-order valence-electron chi connectivity index (χ4n) is 5.12. The number of ketones is 1. The van der Waals surface area contributed by atoms with Crippen LogP contribution in [0.2, 0.25) is 10.0 Å². The quantitative estimate of drug-likeness (QED) is 0.366. The molecule has 0 unspecified atom stereocenters. The highest BCUT2D eigenvalue weighted by Crippen LogP contribution is 2.47. The van der Waals surface area contributed by atoms with E-state index in [9.17, 15) is 9.59 Å². The monoisotopic (exact) mass is 517 g/mol. The molecule has 36 heavy (non-hydrogen) atoms. The average molecular weight is 518 g/mol. The summed E-state index contributed by atoms with van der Waals surface area (Å²) in [6.45, 7) is 1.98. The molecule has 0 radical (unpaired) electrons. The number of hydrogen-bond donors (Lipinski definition) is 1. The number of carbonyl (C=O) groups excluding carboxylic acids is 2. The Morgan fingerprint density at radius 1 is 0.972 bits per heavy atom. The van der Waals surface area contributed by atoms with Crippen LogP contribution in [0.5, 0.6) is 0 Å². The molecule has 0 amide bonds. The van der Waals surface area contributed by atoms with E-state index in [1.54, 1.807) is 18.2 Å². The molecule has 0 saturated carbocycles. The number of benzene rings is 3. The summed E-state index contributed by atoms with van der Waals surface area (Å²) in [5, 5.41) is 4.27. The zero-order valence-electron chi connectivity index (χ0n) is 19.8. The van der Waals surface area contributed by atoms with Gasteiger partial charge < -0.3 is 10.1 Å². The number of dihydropyridines is 1. The van der Waals surface area contributed by atoms with Crippen LogP contribution in [0.25, 0.3) is 0 Å². The normalized spacial score (nSPS) is 19.6. The highest BCUT2D eigenvalue weighted by atomic mass is 35.5. The van der Waals surface area contributed by atoms with Crippen molar-refractivity contribution >= 4 is 35.0 Å². The summed E-state index contributed by atoms with van der Waals surface area (Å²) in [5.74, 6) is -1.07. The van der Waals surface area contributed by atoms with Gasteiger partial charge in [0.1, 0.15) is 6.61 Å². The fourth-order valence-corrected chi connectivity index (χ4v) is 5.64. The molecule has 0 saturated heterocycles. The van der Waals surface area contributed by atoms with Crippen molar-refractivity contribution in [2.75, 3.05) is 0 Å². The van der Waals surface area contributed by atoms with Crippen molar-refractivity contribution < 1.29 is 14.3 Å². The lowest BCUT2D eigenvalue weighted by Crippen LogP contribution is -2.36. The molecule has 1 N–H and O–H groups in total. The van der Waals surface area contributed by atoms with Gasteiger partial charge in [0.05, 0.1) is 5.57 Å². The van der Waals surface area contributed by atoms with E-state index in [1.807, 2.05) is 55.5 Å². The molecule has 1 aliphatic heterocycles. The van der Waals surface area contributed by atoms with Gasteiger partial charge in [-0.05, 0) is 48.1 Å². The Hall–Kier alpha value is -3.34. The van der Waals surface area contributed by atoms with Crippen molar-refractivity contribution in [3.05, 3.63) is 128 Å². The minimum atomic E-state index is -0.640. The van der Waals surface area contributed by atoms with Crippen LogP contribution in [0.4, 0.5) is 0 Å². The highest BCUT2D eigenvalue weighted by Gasteiger charge is 2.42. The maximum Gasteiger partial charge on any atom is 0.337 e. The number of rotatable bonds is 5. The first-order valence-corrected chi connectivity index (χ1v) is 12.6. The van der Waals surface area contributed by atoms with Gasteiger partial charge in [-0.1, -0.05) is 89.9 Å². The summed E-state index contributed by atoms with van der Waals surface area (Å²) in [7, 11) is 0. The highest BCUT2D eigenvalue weighted by molar-refractivity contribution is 6.35. The van der Waals surface area contributed by atoms with Crippen LogP contribution in [-0.2, 0) is 20.9 Å². The molecule has 5 rings (SSSR count). The van der Waals surface area contributed by atoms with E-state index in [0.29, 0.717) is 45.3 Å². The second-order valence-corrected chi connectivity index (χ2v) is 10.00. The average Bonchev–Trinajstić information content (AvgIpc) is 2.87. The molecule has 2 aliphatic rings. The molecule has 1 heterocycles. The molecular weight excluding hydrogens is 493 g/mol. The molecule has 4 nitrogen and oxygen atoms in total. The van der Waals surface area contributed by atoms with Crippen molar-refractivity contribution in [1.29, 1.82) is 0 Å². The molecule has 0 aromatic heterocycles. The summed E-state index contributed by atoms with van der Waals surface area (Å²) in [5.41, 5.74) is 5.11. The molecule has 182 valence electrons. The number of esters is 1. The van der Waals surface area contributed by atoms with Crippen molar-refractivity contribution in [2.45, 2.75) is 38.2 Å². The van der Waals surface area contributed by atoms with Gasteiger partial charge in [-0.3, -0.25) is 4.79 Å². The van der Waals surface area contributed by atoms with Gasteiger partial charge >= 0.3 is 5.97 Å². The molecule has 3 aromatic rings. The summed E-state index contributed by atoms with van der Waals surface area (Å²) >= 11 is 12.8. The molecule has 2 atom stereocenters. The van der Waals surface area contributed by atoms with Crippen molar-refractivity contribution in [3.8, 4) is 0 Å². The molecule has 6 heteroatoms. The lowest BCUT2D eigenvalue weighted by molar-refractivity contribution is -0.140. The van der Waals surface area contributed by atoms with Crippen molar-refractivity contribution in [1.82, 2.24) is 5.32 Å². The Balaban J connectivity index is 1.54. The second-order valence-electron chi connectivity index (χ2n) is 9.16. The van der Waals surface area contributed by atoms with E-state index in [2.05, 4.69) is 17.4 Å². The minimum absolute atomic E-state index is 0.00511. The van der Waals surface area contributed by atoms with Gasteiger partial charge in [0, 0.05) is 39.4 Å². The Morgan fingerprint density at radius 3 is 2.36 bits per heavy atom. The van der Waals surface area contributed by atoms with Crippen LogP contribution in [0.15, 0.2) is 101 Å². The Morgan fingerprint density at radius 2 is 1.67 bits per heavy atom. The summed E-state index contributed by atoms with van der Waals surface area (Å²) in [6.07, 6.45) is 1.02. The van der Waals surface area contributed by atoms with E-state index in [4.69, 9.17) is 27.9 Å². The number of nitrogens with one attached hydrogen (secondary N) is 1. The van der Waals surface area contributed by atoms with Gasteiger partial charge in [-0.15, -0.1) is 0 Å². The standard InChI is InChI=1S/C30H25Cl2NO3/c1-18-27(30(35)36-17-19-8-4-2-5-9-19)28(23-13-12-22(31)16-24(23)32)29-25(33-18)14-21(15-26(29)34)20-10-6-3-7-11-20/h2-13,16,21,28,33H,14-15,17H2,1H3/t21-,28-/m0/s1. The third kappa shape index (κ3) is 4.84. The van der Waals surface area contributed by atoms with Crippen LogP contribution >= 0.6 is 23.2 Å². The number of carbonyl (C=O) groups is 2. The number of Topliss-reactive ketones (excluding diaryl/α,β-unsaturated/α-hetero) is 1. The largest absolute Gasteiger partial charge is 0.457 e. The Labute approximate surface area is 220 Å². The predicted molar refractivity (Wildman–Crippen MR) is 142 cm³/mol. The number of allylic oxidation sites excluding steroid dienone is 3. The van der Waals surface area contributed by atoms with Gasteiger partial charge in [-0.25, -0.2) is 4.79 Å². The minimum Gasteiger partial charge on any atom is -0.457 e. The summed E-state index contributed by atoms with van der Waals surface area (Å²) in [6, 6.07) is 24.7. The number of hydrogen-bond acceptors (Lipinski definition) is 4. The van der Waals surface area contributed by atoms with Crippen molar-refractivity contribution in [2.24, 2.45) is 0 Å². The Bertz CT molecular complexity index is 1380. The van der Waals surface area contributed by atoms with Crippen LogP contribution in [-0.4, -0.2) is 11.8 Å².